The third kappa shape index (κ3) is 1.84. The van der Waals surface area contributed by atoms with Gasteiger partial charge in [-0.2, -0.15) is 5.10 Å². The van der Waals surface area contributed by atoms with E-state index in [0.29, 0.717) is 11.5 Å². The molecule has 2 aromatic rings. The molecule has 0 atom stereocenters. The van der Waals surface area contributed by atoms with Crippen molar-refractivity contribution in [2.75, 3.05) is 0 Å². The van der Waals surface area contributed by atoms with Crippen molar-refractivity contribution in [2.24, 2.45) is 7.05 Å². The Kier molecular flexibility index (Phi) is 2.52. The highest BCUT2D eigenvalue weighted by Crippen LogP contribution is 2.25. The van der Waals surface area contributed by atoms with Crippen molar-refractivity contribution in [3.63, 3.8) is 0 Å². The molecule has 2 heterocycles. The van der Waals surface area contributed by atoms with Crippen molar-refractivity contribution in [3.8, 4) is 11.3 Å². The van der Waals surface area contributed by atoms with E-state index in [4.69, 9.17) is 9.52 Å². The number of aryl methyl sites for hydroxylation is 2. The molecule has 0 aliphatic heterocycles. The molecule has 0 saturated carbocycles. The zero-order valence-electron chi connectivity index (χ0n) is 9.10. The van der Waals surface area contributed by atoms with Crippen LogP contribution in [-0.4, -0.2) is 20.9 Å². The highest BCUT2D eigenvalue weighted by atomic mass is 16.4. The Hall–Kier alpha value is -2.04. The summed E-state index contributed by atoms with van der Waals surface area (Å²) in [6.45, 7) is 1.84. The molecule has 0 aromatic carbocycles. The minimum Gasteiger partial charge on any atom is -0.481 e. The lowest BCUT2D eigenvalue weighted by Crippen LogP contribution is -2.06. The zero-order valence-corrected chi connectivity index (χ0v) is 9.10. The lowest BCUT2D eigenvalue weighted by molar-refractivity contribution is -0.136. The highest BCUT2D eigenvalue weighted by molar-refractivity contribution is 5.73. The van der Waals surface area contributed by atoms with Gasteiger partial charge in [0.05, 0.1) is 23.9 Å². The molecule has 0 amide bonds. The van der Waals surface area contributed by atoms with Crippen molar-refractivity contribution in [1.82, 2.24) is 9.78 Å². The highest BCUT2D eigenvalue weighted by Gasteiger charge is 2.15. The van der Waals surface area contributed by atoms with Gasteiger partial charge in [0.1, 0.15) is 11.5 Å². The molecule has 0 bridgehead atoms. The Labute approximate surface area is 92.3 Å². The summed E-state index contributed by atoms with van der Waals surface area (Å²) in [6.07, 6.45) is 1.56. The van der Waals surface area contributed by atoms with E-state index in [0.717, 1.165) is 11.3 Å². The van der Waals surface area contributed by atoms with E-state index in [1.54, 1.807) is 17.9 Å². The minimum absolute atomic E-state index is 0.0639. The maximum absolute atomic E-state index is 10.7. The number of carboxylic acids is 1. The van der Waals surface area contributed by atoms with Crippen molar-refractivity contribution in [2.45, 2.75) is 13.3 Å². The molecule has 0 radical (unpaired) electrons. The summed E-state index contributed by atoms with van der Waals surface area (Å²) in [4.78, 5) is 10.7. The maximum atomic E-state index is 10.7. The van der Waals surface area contributed by atoms with Gasteiger partial charge in [-0.1, -0.05) is 0 Å². The van der Waals surface area contributed by atoms with E-state index in [9.17, 15) is 4.79 Å². The molecule has 2 aromatic heterocycles. The zero-order chi connectivity index (χ0) is 11.7. The number of furan rings is 1. The van der Waals surface area contributed by atoms with Crippen LogP contribution in [0, 0.1) is 6.92 Å². The molecular weight excluding hydrogens is 208 g/mol. The first-order chi connectivity index (χ1) is 7.58. The van der Waals surface area contributed by atoms with E-state index in [1.165, 1.54) is 0 Å². The number of aliphatic carboxylic acids is 1. The van der Waals surface area contributed by atoms with Crippen LogP contribution in [0.5, 0.6) is 0 Å². The first kappa shape index (κ1) is 10.5. The Morgan fingerprint density at radius 1 is 1.56 bits per heavy atom. The molecule has 0 spiro atoms. The molecular formula is C11H12N2O3. The van der Waals surface area contributed by atoms with E-state index < -0.39 is 5.97 Å². The molecule has 16 heavy (non-hydrogen) atoms. The van der Waals surface area contributed by atoms with Gasteiger partial charge in [-0.3, -0.25) is 9.48 Å². The molecule has 0 saturated heterocycles. The van der Waals surface area contributed by atoms with Gasteiger partial charge >= 0.3 is 5.97 Å². The van der Waals surface area contributed by atoms with Gasteiger partial charge in [0, 0.05) is 7.05 Å². The number of carboxylic acid groups (broad SMARTS) is 1. The average Bonchev–Trinajstić information content (AvgIpc) is 2.75. The summed E-state index contributed by atoms with van der Waals surface area (Å²) in [5.74, 6) is 0.565. The van der Waals surface area contributed by atoms with Gasteiger partial charge < -0.3 is 9.52 Å². The van der Waals surface area contributed by atoms with Crippen molar-refractivity contribution in [3.05, 3.63) is 29.8 Å². The van der Waals surface area contributed by atoms with E-state index in [2.05, 4.69) is 5.10 Å². The molecule has 0 aliphatic rings. The summed E-state index contributed by atoms with van der Waals surface area (Å²) in [7, 11) is 1.72. The van der Waals surface area contributed by atoms with Gasteiger partial charge in [-0.25, -0.2) is 0 Å². The fourth-order valence-corrected chi connectivity index (χ4v) is 1.60. The first-order valence-electron chi connectivity index (χ1n) is 4.87. The molecule has 5 nitrogen and oxygen atoms in total. The monoisotopic (exact) mass is 220 g/mol. The van der Waals surface area contributed by atoms with Gasteiger partial charge in [-0.15, -0.1) is 0 Å². The number of nitrogens with zero attached hydrogens (tertiary/aromatic N) is 2. The summed E-state index contributed by atoms with van der Waals surface area (Å²) >= 11 is 0. The van der Waals surface area contributed by atoms with Gasteiger partial charge in [-0.05, 0) is 19.1 Å². The Balaban J connectivity index is 2.45. The normalized spacial score (nSPS) is 10.6. The van der Waals surface area contributed by atoms with Crippen LogP contribution < -0.4 is 0 Å². The number of carbonyl (C=O) groups is 1. The lowest BCUT2D eigenvalue weighted by atomic mass is 10.1. The molecule has 0 fully saturated rings. The second-order valence-corrected chi connectivity index (χ2v) is 3.61. The lowest BCUT2D eigenvalue weighted by Gasteiger charge is -2.00. The van der Waals surface area contributed by atoms with E-state index in [-0.39, 0.29) is 6.42 Å². The Morgan fingerprint density at radius 3 is 2.88 bits per heavy atom. The fraction of sp³-hybridized carbons (Fsp3) is 0.273. The third-order valence-corrected chi connectivity index (χ3v) is 2.39. The van der Waals surface area contributed by atoms with E-state index >= 15 is 0 Å². The van der Waals surface area contributed by atoms with Crippen LogP contribution >= 0.6 is 0 Å². The Bertz CT molecular complexity index is 525. The number of hydrogen-bond acceptors (Lipinski definition) is 3. The first-order valence-corrected chi connectivity index (χ1v) is 4.87. The van der Waals surface area contributed by atoms with Crippen molar-refractivity contribution < 1.29 is 14.3 Å². The van der Waals surface area contributed by atoms with Crippen LogP contribution in [0.1, 0.15) is 11.5 Å². The number of aromatic nitrogens is 2. The molecule has 1 N–H and O–H groups in total. The summed E-state index contributed by atoms with van der Waals surface area (Å²) in [5, 5.41) is 12.9. The maximum Gasteiger partial charge on any atom is 0.309 e. The quantitative estimate of drug-likeness (QED) is 0.853. The van der Waals surface area contributed by atoms with Gasteiger partial charge in [0.15, 0.2) is 0 Å². The minimum atomic E-state index is -0.881. The standard InChI is InChI=1S/C11H12N2O3/c1-7-3-4-10(16-7)8-6-12-13(2)9(8)5-11(14)15/h3-4,6H,5H2,1-2H3,(H,14,15). The van der Waals surface area contributed by atoms with Gasteiger partial charge in [0.25, 0.3) is 0 Å². The Morgan fingerprint density at radius 2 is 2.31 bits per heavy atom. The molecule has 2 rings (SSSR count). The third-order valence-electron chi connectivity index (χ3n) is 2.39. The summed E-state index contributed by atoms with van der Waals surface area (Å²) < 4.78 is 7.02. The smallest absolute Gasteiger partial charge is 0.309 e. The second kappa shape index (κ2) is 3.84. The largest absolute Gasteiger partial charge is 0.481 e. The molecule has 0 aliphatic carbocycles. The summed E-state index contributed by atoms with van der Waals surface area (Å²) in [6, 6.07) is 3.66. The fourth-order valence-electron chi connectivity index (χ4n) is 1.60. The summed E-state index contributed by atoms with van der Waals surface area (Å²) in [5.41, 5.74) is 1.37. The van der Waals surface area contributed by atoms with Crippen molar-refractivity contribution in [1.29, 1.82) is 0 Å². The SMILES string of the molecule is Cc1ccc(-c2cnn(C)c2CC(=O)O)o1. The molecule has 84 valence electrons. The second-order valence-electron chi connectivity index (χ2n) is 3.61. The number of rotatable bonds is 3. The molecule has 0 unspecified atom stereocenters. The predicted molar refractivity (Wildman–Crippen MR) is 57.0 cm³/mol. The number of hydrogen-bond donors (Lipinski definition) is 1. The van der Waals surface area contributed by atoms with Crippen LogP contribution in [-0.2, 0) is 18.3 Å². The van der Waals surface area contributed by atoms with Gasteiger partial charge in [0.2, 0.25) is 0 Å². The average molecular weight is 220 g/mol. The molecule has 5 heteroatoms. The van der Waals surface area contributed by atoms with Crippen LogP contribution in [0.25, 0.3) is 11.3 Å². The van der Waals surface area contributed by atoms with E-state index in [1.807, 2.05) is 19.1 Å². The van der Waals surface area contributed by atoms with Crippen LogP contribution in [0.4, 0.5) is 0 Å². The predicted octanol–water partition coefficient (Wildman–Crippen LogP) is 1.62. The van der Waals surface area contributed by atoms with Crippen LogP contribution in [0.15, 0.2) is 22.7 Å². The van der Waals surface area contributed by atoms with Crippen LogP contribution in [0.2, 0.25) is 0 Å². The van der Waals surface area contributed by atoms with Crippen molar-refractivity contribution >= 4 is 5.97 Å². The van der Waals surface area contributed by atoms with Crippen LogP contribution in [0.3, 0.4) is 0 Å². The topological polar surface area (TPSA) is 68.3 Å².